The maximum absolute atomic E-state index is 14.3. The van der Waals surface area contributed by atoms with Crippen LogP contribution in [0.3, 0.4) is 0 Å². The molecule has 1 atom stereocenters. The van der Waals surface area contributed by atoms with Gasteiger partial charge in [-0.2, -0.15) is 0 Å². The molecule has 1 aliphatic heterocycles. The van der Waals surface area contributed by atoms with E-state index in [0.29, 0.717) is 11.5 Å². The van der Waals surface area contributed by atoms with Crippen LogP contribution in [-0.2, 0) is 10.0 Å². The van der Waals surface area contributed by atoms with E-state index in [9.17, 15) is 17.6 Å². The number of hydrogen-bond acceptors (Lipinski definition) is 5. The van der Waals surface area contributed by atoms with Crippen LogP contribution in [0.1, 0.15) is 10.4 Å². The van der Waals surface area contributed by atoms with Gasteiger partial charge in [0.25, 0.3) is 5.91 Å². The van der Waals surface area contributed by atoms with Crippen molar-refractivity contribution in [2.24, 2.45) is 0 Å². The average Bonchev–Trinajstić information content (AvgIpc) is 2.80. The smallest absolute Gasteiger partial charge is 0.258 e. The number of benzene rings is 3. The van der Waals surface area contributed by atoms with Crippen molar-refractivity contribution >= 4 is 44.8 Å². The van der Waals surface area contributed by atoms with Gasteiger partial charge >= 0.3 is 0 Å². The number of amides is 1. The van der Waals surface area contributed by atoms with E-state index in [0.717, 1.165) is 18.2 Å². The lowest BCUT2D eigenvalue weighted by molar-refractivity contribution is 0.0943. The quantitative estimate of drug-likeness (QED) is 0.509. The zero-order valence-corrected chi connectivity index (χ0v) is 19.2. The summed E-state index contributed by atoms with van der Waals surface area (Å²) < 4.78 is 53.5. The summed E-state index contributed by atoms with van der Waals surface area (Å²) in [7, 11) is -4.07. The maximum atomic E-state index is 14.3. The summed E-state index contributed by atoms with van der Waals surface area (Å²) in [6, 6.07) is 14.3. The van der Waals surface area contributed by atoms with Crippen molar-refractivity contribution in [3.63, 3.8) is 0 Å². The van der Waals surface area contributed by atoms with Crippen LogP contribution in [0.2, 0.25) is 10.0 Å². The predicted molar refractivity (Wildman–Crippen MR) is 122 cm³/mol. The van der Waals surface area contributed by atoms with Crippen molar-refractivity contribution in [2.45, 2.75) is 11.0 Å². The number of halogens is 3. The topological polar surface area (TPSA) is 93.7 Å². The van der Waals surface area contributed by atoms with Gasteiger partial charge in [0.15, 0.2) is 11.5 Å². The van der Waals surface area contributed by atoms with Gasteiger partial charge in [-0.3, -0.25) is 4.79 Å². The average molecular weight is 511 g/mol. The highest BCUT2D eigenvalue weighted by atomic mass is 35.5. The third kappa shape index (κ3) is 5.39. The molecule has 1 unspecified atom stereocenters. The molecule has 1 aliphatic rings. The largest absolute Gasteiger partial charge is 0.486 e. The van der Waals surface area contributed by atoms with Crippen LogP contribution in [0.25, 0.3) is 0 Å². The highest BCUT2D eigenvalue weighted by molar-refractivity contribution is 7.89. The van der Waals surface area contributed by atoms with Gasteiger partial charge in [0.1, 0.15) is 18.5 Å². The minimum Gasteiger partial charge on any atom is -0.486 e. The predicted octanol–water partition coefficient (Wildman–Crippen LogP) is 4.50. The maximum Gasteiger partial charge on any atom is 0.258 e. The fraction of sp³-hybridized carbons (Fsp3) is 0.136. The fourth-order valence-corrected chi connectivity index (χ4v) is 4.46. The molecule has 7 nitrogen and oxygen atoms in total. The lowest BCUT2D eigenvalue weighted by atomic mass is 10.2. The number of nitrogens with one attached hydrogen (secondary N) is 2. The van der Waals surface area contributed by atoms with Gasteiger partial charge in [0.05, 0.1) is 27.0 Å². The molecule has 172 valence electrons. The second kappa shape index (κ2) is 9.56. The molecule has 0 radical (unpaired) electrons. The Bertz CT molecular complexity index is 1320. The minimum atomic E-state index is -4.07. The molecule has 0 saturated heterocycles. The normalized spacial score (nSPS) is 15.2. The number of carbonyl (C=O) groups is 1. The van der Waals surface area contributed by atoms with Crippen molar-refractivity contribution in [3.8, 4) is 11.5 Å². The van der Waals surface area contributed by atoms with Crippen molar-refractivity contribution in [3.05, 3.63) is 82.1 Å². The molecule has 3 aromatic carbocycles. The highest BCUT2D eigenvalue weighted by Gasteiger charge is 2.25. The summed E-state index contributed by atoms with van der Waals surface area (Å²) in [4.78, 5) is 12.3. The van der Waals surface area contributed by atoms with Gasteiger partial charge in [-0.05, 0) is 48.5 Å². The molecule has 1 heterocycles. The Hall–Kier alpha value is -2.85. The summed E-state index contributed by atoms with van der Waals surface area (Å²) in [5.41, 5.74) is -0.176. The third-order valence-corrected chi connectivity index (χ3v) is 6.90. The van der Waals surface area contributed by atoms with E-state index in [2.05, 4.69) is 10.0 Å². The van der Waals surface area contributed by atoms with Crippen LogP contribution in [0.4, 0.5) is 10.1 Å². The molecule has 0 bridgehead atoms. The molecule has 1 amide bonds. The van der Waals surface area contributed by atoms with Gasteiger partial charge in [0, 0.05) is 5.69 Å². The summed E-state index contributed by atoms with van der Waals surface area (Å²) >= 11 is 11.8. The lowest BCUT2D eigenvalue weighted by Crippen LogP contribution is -2.40. The van der Waals surface area contributed by atoms with E-state index < -0.39 is 33.4 Å². The van der Waals surface area contributed by atoms with E-state index in [1.54, 1.807) is 24.3 Å². The second-order valence-electron chi connectivity index (χ2n) is 7.07. The van der Waals surface area contributed by atoms with Gasteiger partial charge in [-0.25, -0.2) is 17.5 Å². The molecule has 3 aromatic rings. The Morgan fingerprint density at radius 3 is 2.55 bits per heavy atom. The molecule has 2 N–H and O–H groups in total. The number of para-hydroxylation sites is 2. The SMILES string of the molecule is O=C(Nc1ccc(Cl)c(Cl)c1)c1cc(S(=O)(=O)NCC2COc3ccccc3O2)ccc1F. The van der Waals surface area contributed by atoms with Crippen LogP contribution < -0.4 is 19.5 Å². The van der Waals surface area contributed by atoms with Gasteiger partial charge < -0.3 is 14.8 Å². The van der Waals surface area contributed by atoms with Crippen LogP contribution in [0.5, 0.6) is 11.5 Å². The van der Waals surface area contributed by atoms with Crippen molar-refractivity contribution in [2.75, 3.05) is 18.5 Å². The van der Waals surface area contributed by atoms with E-state index >= 15 is 0 Å². The first-order chi connectivity index (χ1) is 15.7. The molecular weight excluding hydrogens is 494 g/mol. The number of rotatable bonds is 6. The highest BCUT2D eigenvalue weighted by Crippen LogP contribution is 2.31. The molecule has 11 heteroatoms. The van der Waals surface area contributed by atoms with Crippen LogP contribution in [0, 0.1) is 5.82 Å². The number of fused-ring (bicyclic) bond motifs is 1. The van der Waals surface area contributed by atoms with Crippen LogP contribution in [0.15, 0.2) is 65.6 Å². The van der Waals surface area contributed by atoms with E-state index in [-0.39, 0.29) is 33.8 Å². The Morgan fingerprint density at radius 1 is 1.03 bits per heavy atom. The van der Waals surface area contributed by atoms with E-state index in [1.807, 2.05) is 0 Å². The Balaban J connectivity index is 1.46. The summed E-state index contributed by atoms with van der Waals surface area (Å²) in [5, 5.41) is 2.95. The summed E-state index contributed by atoms with van der Waals surface area (Å²) in [6.45, 7) is 0.0686. The number of sulfonamides is 1. The van der Waals surface area contributed by atoms with Crippen LogP contribution in [-0.4, -0.2) is 33.6 Å². The minimum absolute atomic E-state index is 0.0845. The second-order valence-corrected chi connectivity index (χ2v) is 9.66. The zero-order valence-electron chi connectivity index (χ0n) is 16.8. The summed E-state index contributed by atoms with van der Waals surface area (Å²) in [6.07, 6.45) is -0.562. The monoisotopic (exact) mass is 510 g/mol. The molecule has 0 spiro atoms. The third-order valence-electron chi connectivity index (χ3n) is 4.74. The van der Waals surface area contributed by atoms with Gasteiger partial charge in [-0.1, -0.05) is 35.3 Å². The van der Waals surface area contributed by atoms with Gasteiger partial charge in [0.2, 0.25) is 10.0 Å². The number of anilines is 1. The van der Waals surface area contributed by atoms with Crippen LogP contribution >= 0.6 is 23.2 Å². The fourth-order valence-electron chi connectivity index (χ4n) is 3.07. The number of ether oxygens (including phenoxy) is 2. The Kier molecular flexibility index (Phi) is 6.76. The van der Waals surface area contributed by atoms with E-state index in [4.69, 9.17) is 32.7 Å². The van der Waals surface area contributed by atoms with Crippen molar-refractivity contribution in [1.82, 2.24) is 4.72 Å². The molecular formula is C22H17Cl2FN2O5S. The molecule has 33 heavy (non-hydrogen) atoms. The summed E-state index contributed by atoms with van der Waals surface area (Å²) in [5.74, 6) is -0.639. The zero-order chi connectivity index (χ0) is 23.6. The number of carbonyl (C=O) groups excluding carboxylic acids is 1. The van der Waals surface area contributed by atoms with Gasteiger partial charge in [-0.15, -0.1) is 0 Å². The first-order valence-corrected chi connectivity index (χ1v) is 11.9. The van der Waals surface area contributed by atoms with E-state index in [1.165, 1.54) is 18.2 Å². The van der Waals surface area contributed by atoms with Crippen molar-refractivity contribution < 1.29 is 27.1 Å². The molecule has 0 fully saturated rings. The first kappa shape index (κ1) is 23.3. The molecule has 0 aromatic heterocycles. The first-order valence-electron chi connectivity index (χ1n) is 9.67. The standard InChI is InChI=1S/C22H17Cl2FN2O5S/c23-17-7-5-13(9-18(17)24)27-22(28)16-10-15(6-8-19(16)25)33(29,30)26-11-14-12-31-20-3-1-2-4-21(20)32-14/h1-10,14,26H,11-12H2,(H,27,28). The molecule has 4 rings (SSSR count). The van der Waals surface area contributed by atoms with Crippen molar-refractivity contribution in [1.29, 1.82) is 0 Å². The number of hydrogen-bond donors (Lipinski definition) is 2. The Labute approximate surface area is 199 Å². The molecule has 0 saturated carbocycles. The Morgan fingerprint density at radius 2 is 1.79 bits per heavy atom. The molecule has 0 aliphatic carbocycles. The lowest BCUT2D eigenvalue weighted by Gasteiger charge is -2.26.